The van der Waals surface area contributed by atoms with E-state index in [9.17, 15) is 9.50 Å². The number of halogens is 2. The van der Waals surface area contributed by atoms with Crippen LogP contribution in [0.3, 0.4) is 0 Å². The Balaban J connectivity index is 2.39. The van der Waals surface area contributed by atoms with Crippen LogP contribution in [0.25, 0.3) is 0 Å². The Kier molecular flexibility index (Phi) is 6.53. The van der Waals surface area contributed by atoms with E-state index in [0.29, 0.717) is 12.0 Å². The average molecular weight is 259 g/mol. The molecule has 96 valence electrons. The van der Waals surface area contributed by atoms with Crippen molar-refractivity contribution < 1.29 is 9.50 Å². The Bertz CT molecular complexity index is 341. The molecule has 17 heavy (non-hydrogen) atoms. The van der Waals surface area contributed by atoms with Gasteiger partial charge in [-0.05, 0) is 18.1 Å². The van der Waals surface area contributed by atoms with Gasteiger partial charge in [0.15, 0.2) is 0 Å². The van der Waals surface area contributed by atoms with Crippen LogP contribution in [-0.4, -0.2) is 11.2 Å². The van der Waals surface area contributed by atoms with Crippen LogP contribution in [0.5, 0.6) is 0 Å². The van der Waals surface area contributed by atoms with E-state index in [4.69, 9.17) is 11.6 Å². The highest BCUT2D eigenvalue weighted by molar-refractivity contribution is 6.30. The Labute approximate surface area is 108 Å². The summed E-state index contributed by atoms with van der Waals surface area (Å²) >= 11 is 5.69. The smallest absolute Gasteiger partial charge is 0.145 e. The normalized spacial score (nSPS) is 12.7. The fourth-order valence-corrected chi connectivity index (χ4v) is 2.06. The van der Waals surface area contributed by atoms with Crippen LogP contribution >= 0.6 is 11.6 Å². The predicted molar refractivity (Wildman–Crippen MR) is 69.9 cm³/mol. The summed E-state index contributed by atoms with van der Waals surface area (Å²) in [6.45, 7) is 2.15. The van der Waals surface area contributed by atoms with E-state index in [-0.39, 0.29) is 5.02 Å². The molecule has 0 saturated heterocycles. The van der Waals surface area contributed by atoms with E-state index in [0.717, 1.165) is 19.3 Å². The minimum atomic E-state index is -0.472. The molecule has 0 amide bonds. The largest absolute Gasteiger partial charge is 0.393 e. The summed E-state index contributed by atoms with van der Waals surface area (Å²) in [6, 6.07) is 4.91. The van der Waals surface area contributed by atoms with E-state index >= 15 is 0 Å². The van der Waals surface area contributed by atoms with E-state index in [1.807, 2.05) is 0 Å². The van der Waals surface area contributed by atoms with Gasteiger partial charge in [0.05, 0.1) is 11.1 Å². The summed E-state index contributed by atoms with van der Waals surface area (Å²) in [5.74, 6) is -0.401. The zero-order valence-corrected chi connectivity index (χ0v) is 11.0. The van der Waals surface area contributed by atoms with Crippen molar-refractivity contribution in [1.29, 1.82) is 0 Å². The predicted octanol–water partition coefficient (Wildman–Crippen LogP) is 4.35. The number of hydrogen-bond acceptors (Lipinski definition) is 1. The summed E-state index contributed by atoms with van der Waals surface area (Å²) in [5.41, 5.74) is 0.500. The topological polar surface area (TPSA) is 20.2 Å². The Morgan fingerprint density at radius 2 is 2.06 bits per heavy atom. The number of hydrogen-bond donors (Lipinski definition) is 1. The lowest BCUT2D eigenvalue weighted by atomic mass is 10.0. The second kappa shape index (κ2) is 7.67. The molecule has 1 unspecified atom stereocenters. The zero-order valence-electron chi connectivity index (χ0n) is 10.3. The second-order valence-electron chi connectivity index (χ2n) is 4.42. The fraction of sp³-hybridized carbons (Fsp3) is 0.571. The molecule has 0 fully saturated rings. The first-order valence-electron chi connectivity index (χ1n) is 6.26. The molecule has 0 aliphatic carbocycles. The molecule has 0 bridgehead atoms. The van der Waals surface area contributed by atoms with Crippen molar-refractivity contribution in [3.05, 3.63) is 34.6 Å². The number of unbranched alkanes of at least 4 members (excludes halogenated alkanes) is 3. The van der Waals surface area contributed by atoms with Crippen molar-refractivity contribution in [2.75, 3.05) is 0 Å². The summed E-state index contributed by atoms with van der Waals surface area (Å²) in [6.07, 6.45) is 5.10. The highest BCUT2D eigenvalue weighted by Gasteiger charge is 2.11. The van der Waals surface area contributed by atoms with Crippen molar-refractivity contribution >= 4 is 11.6 Å². The van der Waals surface area contributed by atoms with Crippen LogP contribution in [-0.2, 0) is 6.42 Å². The lowest BCUT2D eigenvalue weighted by Crippen LogP contribution is -2.11. The third-order valence-corrected chi connectivity index (χ3v) is 3.17. The number of aliphatic hydroxyl groups is 1. The number of aliphatic hydroxyl groups excluding tert-OH is 1. The molecule has 0 aliphatic heterocycles. The van der Waals surface area contributed by atoms with Gasteiger partial charge in [0.2, 0.25) is 0 Å². The van der Waals surface area contributed by atoms with Gasteiger partial charge in [0.1, 0.15) is 5.82 Å². The first-order valence-corrected chi connectivity index (χ1v) is 6.64. The molecule has 3 heteroatoms. The fourth-order valence-electron chi connectivity index (χ4n) is 1.87. The zero-order chi connectivity index (χ0) is 12.7. The lowest BCUT2D eigenvalue weighted by Gasteiger charge is -2.11. The average Bonchev–Trinajstić information content (AvgIpc) is 2.31. The highest BCUT2D eigenvalue weighted by Crippen LogP contribution is 2.20. The van der Waals surface area contributed by atoms with Crippen molar-refractivity contribution in [3.63, 3.8) is 0 Å². The first-order chi connectivity index (χ1) is 8.15. The monoisotopic (exact) mass is 258 g/mol. The van der Waals surface area contributed by atoms with Gasteiger partial charge < -0.3 is 5.11 Å². The van der Waals surface area contributed by atoms with Crippen LogP contribution in [0.2, 0.25) is 5.02 Å². The van der Waals surface area contributed by atoms with Crippen molar-refractivity contribution in [2.45, 2.75) is 51.6 Å². The van der Waals surface area contributed by atoms with Crippen molar-refractivity contribution in [3.8, 4) is 0 Å². The van der Waals surface area contributed by atoms with Crippen molar-refractivity contribution in [1.82, 2.24) is 0 Å². The quantitative estimate of drug-likeness (QED) is 0.721. The van der Waals surface area contributed by atoms with E-state index in [1.54, 1.807) is 12.1 Å². The molecule has 0 radical (unpaired) electrons. The SMILES string of the molecule is CCCCCCC(O)Cc1cccc(Cl)c1F. The van der Waals surface area contributed by atoms with Crippen LogP contribution in [0.15, 0.2) is 18.2 Å². The van der Waals surface area contributed by atoms with Gasteiger partial charge >= 0.3 is 0 Å². The lowest BCUT2D eigenvalue weighted by molar-refractivity contribution is 0.160. The first kappa shape index (κ1) is 14.5. The maximum absolute atomic E-state index is 13.6. The van der Waals surface area contributed by atoms with Gasteiger partial charge in [-0.3, -0.25) is 0 Å². The van der Waals surface area contributed by atoms with E-state index < -0.39 is 11.9 Å². The molecule has 0 spiro atoms. The molecule has 1 rings (SSSR count). The van der Waals surface area contributed by atoms with Crippen LogP contribution in [0.1, 0.15) is 44.6 Å². The van der Waals surface area contributed by atoms with E-state index in [2.05, 4.69) is 6.92 Å². The molecule has 1 N–H and O–H groups in total. The molecular formula is C14H20ClFO. The molecule has 0 aliphatic rings. The van der Waals surface area contributed by atoms with Gasteiger partial charge in [-0.2, -0.15) is 0 Å². The number of benzene rings is 1. The molecule has 0 aromatic heterocycles. The molecule has 1 nitrogen and oxygen atoms in total. The molecule has 0 heterocycles. The summed E-state index contributed by atoms with van der Waals surface area (Å²) in [7, 11) is 0. The minimum Gasteiger partial charge on any atom is -0.393 e. The van der Waals surface area contributed by atoms with Gasteiger partial charge in [0.25, 0.3) is 0 Å². The highest BCUT2D eigenvalue weighted by atomic mass is 35.5. The maximum atomic E-state index is 13.6. The van der Waals surface area contributed by atoms with Gasteiger partial charge in [-0.25, -0.2) is 4.39 Å². The maximum Gasteiger partial charge on any atom is 0.145 e. The van der Waals surface area contributed by atoms with Crippen molar-refractivity contribution in [2.24, 2.45) is 0 Å². The van der Waals surface area contributed by atoms with Crippen LogP contribution < -0.4 is 0 Å². The summed E-state index contributed by atoms with van der Waals surface area (Å²) in [5, 5.41) is 9.93. The third-order valence-electron chi connectivity index (χ3n) is 2.88. The van der Waals surface area contributed by atoms with Gasteiger partial charge in [-0.15, -0.1) is 0 Å². The van der Waals surface area contributed by atoms with Gasteiger partial charge in [0, 0.05) is 6.42 Å². The summed E-state index contributed by atoms with van der Waals surface area (Å²) in [4.78, 5) is 0. The Hall–Kier alpha value is -0.600. The third kappa shape index (κ3) is 5.05. The second-order valence-corrected chi connectivity index (χ2v) is 4.83. The molecule has 1 aromatic rings. The standard InChI is InChI=1S/C14H20ClFO/c1-2-3-4-5-8-12(17)10-11-7-6-9-13(15)14(11)16/h6-7,9,12,17H,2-5,8,10H2,1H3. The minimum absolute atomic E-state index is 0.126. The van der Waals surface area contributed by atoms with Gasteiger partial charge in [-0.1, -0.05) is 56.3 Å². The molecule has 0 saturated carbocycles. The van der Waals surface area contributed by atoms with Crippen LogP contribution in [0, 0.1) is 5.82 Å². The molecule has 1 aromatic carbocycles. The van der Waals surface area contributed by atoms with Crippen LogP contribution in [0.4, 0.5) is 4.39 Å². The number of rotatable bonds is 7. The molecule has 1 atom stereocenters. The Morgan fingerprint density at radius 1 is 1.29 bits per heavy atom. The molecular weight excluding hydrogens is 239 g/mol. The summed E-state index contributed by atoms with van der Waals surface area (Å²) < 4.78 is 13.6. The Morgan fingerprint density at radius 3 is 2.76 bits per heavy atom. The van der Waals surface area contributed by atoms with E-state index in [1.165, 1.54) is 18.9 Å².